The number of halogens is 1. The number of aromatic nitrogens is 2. The molecule has 2 aliphatic heterocycles. The lowest BCUT2D eigenvalue weighted by atomic mass is 10.0. The molecular weight excluding hydrogens is 307 g/mol. The van der Waals surface area contributed by atoms with Gasteiger partial charge < -0.3 is 10.2 Å². The fourth-order valence-corrected chi connectivity index (χ4v) is 3.82. The van der Waals surface area contributed by atoms with Crippen molar-refractivity contribution in [3.05, 3.63) is 42.0 Å². The van der Waals surface area contributed by atoms with Crippen LogP contribution in [-0.2, 0) is 0 Å². The average molecular weight is 326 g/mol. The molecule has 5 nitrogen and oxygen atoms in total. The van der Waals surface area contributed by atoms with Gasteiger partial charge in [0.05, 0.1) is 12.4 Å². The van der Waals surface area contributed by atoms with Gasteiger partial charge in [-0.1, -0.05) is 6.07 Å². The number of fused-ring (bicyclic) bond motifs is 2. The minimum atomic E-state index is -0.467. The molecule has 3 heterocycles. The van der Waals surface area contributed by atoms with Gasteiger partial charge in [0.1, 0.15) is 0 Å². The Kier molecular flexibility index (Phi) is 3.67. The van der Waals surface area contributed by atoms with Crippen LogP contribution in [0.4, 0.5) is 14.9 Å². The van der Waals surface area contributed by atoms with E-state index in [-0.39, 0.29) is 6.03 Å². The molecule has 1 aromatic carbocycles. The number of nitrogens with zero attached hydrogens (tertiary/aromatic N) is 3. The van der Waals surface area contributed by atoms with Crippen LogP contribution in [0, 0.1) is 12.7 Å². The Bertz CT molecular complexity index is 757. The van der Waals surface area contributed by atoms with Gasteiger partial charge in [0.2, 0.25) is 0 Å². The van der Waals surface area contributed by atoms with Crippen molar-refractivity contribution in [3.63, 3.8) is 0 Å². The van der Waals surface area contributed by atoms with Crippen LogP contribution in [0.3, 0.4) is 0 Å². The Morgan fingerprint density at radius 2 is 1.79 bits per heavy atom. The zero-order chi connectivity index (χ0) is 16.7. The number of benzene rings is 1. The predicted molar refractivity (Wildman–Crippen MR) is 89.1 cm³/mol. The highest BCUT2D eigenvalue weighted by molar-refractivity contribution is 5.91. The van der Waals surface area contributed by atoms with E-state index in [1.807, 2.05) is 30.0 Å². The summed E-state index contributed by atoms with van der Waals surface area (Å²) < 4.78 is 13.0. The van der Waals surface area contributed by atoms with Gasteiger partial charge in [-0.15, -0.1) is 0 Å². The number of hydrogen-bond acceptors (Lipinski definition) is 3. The normalized spacial score (nSPS) is 22.0. The molecule has 2 amide bonds. The highest BCUT2D eigenvalue weighted by Gasteiger charge is 2.42. The van der Waals surface area contributed by atoms with Crippen molar-refractivity contribution in [2.24, 2.45) is 0 Å². The molecule has 0 spiro atoms. The summed E-state index contributed by atoms with van der Waals surface area (Å²) in [5.74, 6) is -0.0170. The highest BCUT2D eigenvalue weighted by atomic mass is 19.1. The van der Waals surface area contributed by atoms with Crippen LogP contribution in [0.5, 0.6) is 0 Å². The van der Waals surface area contributed by atoms with Gasteiger partial charge >= 0.3 is 6.03 Å². The minimum absolute atomic E-state index is 0.0326. The Labute approximate surface area is 139 Å². The van der Waals surface area contributed by atoms with Crippen molar-refractivity contribution >= 4 is 11.7 Å². The number of carbonyl (C=O) groups is 1. The molecule has 0 unspecified atom stereocenters. The van der Waals surface area contributed by atoms with E-state index in [1.165, 1.54) is 0 Å². The van der Waals surface area contributed by atoms with Gasteiger partial charge in [-0.25, -0.2) is 19.2 Å². The van der Waals surface area contributed by atoms with Crippen LogP contribution in [0.15, 0.2) is 30.6 Å². The molecule has 2 aromatic rings. The lowest BCUT2D eigenvalue weighted by Gasteiger charge is -2.22. The summed E-state index contributed by atoms with van der Waals surface area (Å²) >= 11 is 0. The number of nitrogens with one attached hydrogen (secondary N) is 1. The molecule has 2 saturated heterocycles. The second-order valence-electron chi connectivity index (χ2n) is 6.55. The summed E-state index contributed by atoms with van der Waals surface area (Å²) in [5, 5.41) is 2.99. The first-order valence-electron chi connectivity index (χ1n) is 8.30. The van der Waals surface area contributed by atoms with E-state index in [0.29, 0.717) is 23.6 Å². The van der Waals surface area contributed by atoms with E-state index < -0.39 is 5.82 Å². The summed E-state index contributed by atoms with van der Waals surface area (Å²) in [6.07, 6.45) is 6.74. The molecule has 2 aliphatic rings. The fourth-order valence-electron chi connectivity index (χ4n) is 3.82. The molecule has 0 atom stereocenters. The van der Waals surface area contributed by atoms with E-state index in [9.17, 15) is 9.18 Å². The average Bonchev–Trinajstić information content (AvgIpc) is 3.18. The third-order valence-corrected chi connectivity index (χ3v) is 5.04. The first-order valence-corrected chi connectivity index (χ1v) is 8.30. The molecule has 4 rings (SSSR count). The van der Waals surface area contributed by atoms with E-state index in [0.717, 1.165) is 49.2 Å². The summed E-state index contributed by atoms with van der Waals surface area (Å²) in [6, 6.07) is 6.38. The van der Waals surface area contributed by atoms with Crippen molar-refractivity contribution in [1.29, 1.82) is 0 Å². The van der Waals surface area contributed by atoms with Gasteiger partial charge in [-0.05, 0) is 50.3 Å². The van der Waals surface area contributed by atoms with Crippen LogP contribution in [0.25, 0.3) is 11.4 Å². The van der Waals surface area contributed by atoms with Gasteiger partial charge in [0, 0.05) is 23.3 Å². The molecule has 2 fully saturated rings. The number of urea groups is 1. The maximum atomic E-state index is 13.0. The van der Waals surface area contributed by atoms with Crippen molar-refractivity contribution in [1.82, 2.24) is 14.9 Å². The first kappa shape index (κ1) is 15.1. The van der Waals surface area contributed by atoms with Crippen LogP contribution >= 0.6 is 0 Å². The standard InChI is InChI=1S/C18H19FN4O/c1-11-2-3-13(8-16(11)17-20-9-12(19)10-21-17)22-18(24)23-14-4-5-15(23)7-6-14/h2-3,8-10,14-15H,4-7H2,1H3,(H,22,24). The summed E-state index contributed by atoms with van der Waals surface area (Å²) in [5.41, 5.74) is 2.47. The van der Waals surface area contributed by atoms with E-state index in [2.05, 4.69) is 15.3 Å². The topological polar surface area (TPSA) is 58.1 Å². The molecule has 6 heteroatoms. The van der Waals surface area contributed by atoms with Gasteiger partial charge in [-0.2, -0.15) is 0 Å². The van der Waals surface area contributed by atoms with E-state index in [4.69, 9.17) is 0 Å². The third-order valence-electron chi connectivity index (χ3n) is 5.04. The molecule has 24 heavy (non-hydrogen) atoms. The summed E-state index contributed by atoms with van der Waals surface area (Å²) in [6.45, 7) is 1.94. The molecule has 1 aromatic heterocycles. The Hall–Kier alpha value is -2.50. The third kappa shape index (κ3) is 2.62. The Morgan fingerprint density at radius 1 is 1.17 bits per heavy atom. The smallest absolute Gasteiger partial charge is 0.319 e. The number of amides is 2. The van der Waals surface area contributed by atoms with Crippen molar-refractivity contribution < 1.29 is 9.18 Å². The number of hydrogen-bond donors (Lipinski definition) is 1. The minimum Gasteiger partial charge on any atom is -0.319 e. The molecule has 1 N–H and O–H groups in total. The Balaban J connectivity index is 1.57. The lowest BCUT2D eigenvalue weighted by molar-refractivity contribution is 0.206. The largest absolute Gasteiger partial charge is 0.322 e. The fraction of sp³-hybridized carbons (Fsp3) is 0.389. The number of anilines is 1. The molecule has 0 radical (unpaired) electrons. The Morgan fingerprint density at radius 3 is 2.42 bits per heavy atom. The van der Waals surface area contributed by atoms with Crippen LogP contribution in [0.2, 0.25) is 0 Å². The zero-order valence-corrected chi connectivity index (χ0v) is 13.5. The summed E-state index contributed by atoms with van der Waals surface area (Å²) in [4.78, 5) is 22.6. The number of aryl methyl sites for hydroxylation is 1. The van der Waals surface area contributed by atoms with Gasteiger partial charge in [0.15, 0.2) is 11.6 Å². The number of rotatable bonds is 2. The zero-order valence-electron chi connectivity index (χ0n) is 13.5. The quantitative estimate of drug-likeness (QED) is 0.914. The van der Waals surface area contributed by atoms with Gasteiger partial charge in [-0.3, -0.25) is 0 Å². The predicted octanol–water partition coefficient (Wildman–Crippen LogP) is 3.75. The summed E-state index contributed by atoms with van der Waals surface area (Å²) in [7, 11) is 0. The van der Waals surface area contributed by atoms with Crippen LogP contribution in [-0.4, -0.2) is 33.0 Å². The highest BCUT2D eigenvalue weighted by Crippen LogP contribution is 2.37. The van der Waals surface area contributed by atoms with Crippen LogP contribution in [0.1, 0.15) is 31.2 Å². The second-order valence-corrected chi connectivity index (χ2v) is 6.55. The van der Waals surface area contributed by atoms with Crippen molar-refractivity contribution in [3.8, 4) is 11.4 Å². The maximum Gasteiger partial charge on any atom is 0.322 e. The second kappa shape index (κ2) is 5.85. The molecule has 124 valence electrons. The molecular formula is C18H19FN4O. The SMILES string of the molecule is Cc1ccc(NC(=O)N2C3CCC2CC3)cc1-c1ncc(F)cn1. The molecule has 0 saturated carbocycles. The molecule has 0 aliphatic carbocycles. The monoisotopic (exact) mass is 326 g/mol. The van der Waals surface area contributed by atoms with Crippen molar-refractivity contribution in [2.75, 3.05) is 5.32 Å². The maximum absolute atomic E-state index is 13.0. The van der Waals surface area contributed by atoms with Gasteiger partial charge in [0.25, 0.3) is 0 Å². The lowest BCUT2D eigenvalue weighted by Crippen LogP contribution is -2.38. The van der Waals surface area contributed by atoms with Crippen LogP contribution < -0.4 is 5.32 Å². The first-order chi connectivity index (χ1) is 11.6. The number of carbonyl (C=O) groups excluding carboxylic acids is 1. The van der Waals surface area contributed by atoms with E-state index in [1.54, 1.807) is 0 Å². The molecule has 2 bridgehead atoms. The van der Waals surface area contributed by atoms with E-state index >= 15 is 0 Å². The van der Waals surface area contributed by atoms with Crippen molar-refractivity contribution in [2.45, 2.75) is 44.7 Å².